The fraction of sp³-hybridized carbons (Fsp3) is 0.462. The zero-order valence-corrected chi connectivity index (χ0v) is 11.0. The number of nitrogens with zero attached hydrogens (tertiary/aromatic N) is 2. The SMILES string of the molecule is BrC1=C(c2ccccn2)NC2[C@H]3CC[C@H](C3)N12. The first kappa shape index (κ1) is 9.95. The van der Waals surface area contributed by atoms with Crippen LogP contribution in [0.4, 0.5) is 0 Å². The van der Waals surface area contributed by atoms with Crippen LogP contribution in [0.15, 0.2) is 29.0 Å². The van der Waals surface area contributed by atoms with Gasteiger partial charge in [-0.15, -0.1) is 0 Å². The van der Waals surface area contributed by atoms with Crippen LogP contribution < -0.4 is 5.32 Å². The molecule has 1 aromatic rings. The monoisotopic (exact) mass is 291 g/mol. The van der Waals surface area contributed by atoms with Crippen LogP contribution in [-0.2, 0) is 0 Å². The van der Waals surface area contributed by atoms with Gasteiger partial charge >= 0.3 is 0 Å². The Bertz CT molecular complexity index is 485. The quantitative estimate of drug-likeness (QED) is 0.806. The van der Waals surface area contributed by atoms with Crippen molar-refractivity contribution in [2.24, 2.45) is 5.92 Å². The van der Waals surface area contributed by atoms with Crippen molar-refractivity contribution in [3.8, 4) is 0 Å². The molecule has 17 heavy (non-hydrogen) atoms. The minimum atomic E-state index is 0.500. The third kappa shape index (κ3) is 1.30. The summed E-state index contributed by atoms with van der Waals surface area (Å²) in [7, 11) is 0. The van der Waals surface area contributed by atoms with Crippen molar-refractivity contribution in [1.29, 1.82) is 0 Å². The first-order valence-electron chi connectivity index (χ1n) is 6.20. The van der Waals surface area contributed by atoms with Crippen molar-refractivity contribution < 1.29 is 0 Å². The fourth-order valence-electron chi connectivity index (χ4n) is 3.48. The number of hydrogen-bond donors (Lipinski definition) is 1. The molecule has 1 aliphatic carbocycles. The molecule has 88 valence electrons. The van der Waals surface area contributed by atoms with Gasteiger partial charge in [0, 0.05) is 12.2 Å². The molecule has 3 heterocycles. The van der Waals surface area contributed by atoms with E-state index in [-0.39, 0.29) is 0 Å². The van der Waals surface area contributed by atoms with Crippen molar-refractivity contribution >= 4 is 21.6 Å². The molecule has 3 aliphatic rings. The Morgan fingerprint density at radius 2 is 2.29 bits per heavy atom. The minimum absolute atomic E-state index is 0.500. The second kappa shape index (κ2) is 3.48. The standard InChI is InChI=1S/C13H14BrN3/c14-12-11(10-3-1-2-6-15-10)16-13-8-4-5-9(7-8)17(12)13/h1-3,6,8-9,13,16H,4-5,7H2/t8-,9+,13?/m0/s1. The summed E-state index contributed by atoms with van der Waals surface area (Å²) in [6, 6.07) is 6.79. The molecular weight excluding hydrogens is 278 g/mol. The van der Waals surface area contributed by atoms with E-state index in [0.29, 0.717) is 6.17 Å². The topological polar surface area (TPSA) is 28.2 Å². The number of hydrogen-bond acceptors (Lipinski definition) is 3. The fourth-order valence-corrected chi connectivity index (χ4v) is 4.31. The molecule has 0 spiro atoms. The first-order chi connectivity index (χ1) is 8.34. The molecule has 2 bridgehead atoms. The van der Waals surface area contributed by atoms with Crippen LogP contribution in [0.25, 0.3) is 5.70 Å². The summed E-state index contributed by atoms with van der Waals surface area (Å²) in [6.45, 7) is 0. The molecule has 0 radical (unpaired) electrons. The summed E-state index contributed by atoms with van der Waals surface area (Å²) in [5.41, 5.74) is 2.19. The molecule has 2 fully saturated rings. The van der Waals surface area contributed by atoms with E-state index in [1.165, 1.54) is 23.9 Å². The third-order valence-corrected chi connectivity index (χ3v) is 5.04. The Kier molecular flexibility index (Phi) is 2.04. The van der Waals surface area contributed by atoms with Gasteiger partial charge in [-0.3, -0.25) is 4.98 Å². The normalized spacial score (nSPS) is 34.2. The predicted octanol–water partition coefficient (Wildman–Crippen LogP) is 2.52. The number of halogens is 1. The van der Waals surface area contributed by atoms with Gasteiger partial charge in [-0.2, -0.15) is 0 Å². The molecule has 1 saturated carbocycles. The van der Waals surface area contributed by atoms with Gasteiger partial charge in [0.05, 0.1) is 11.4 Å². The van der Waals surface area contributed by atoms with E-state index in [1.807, 2.05) is 18.3 Å². The van der Waals surface area contributed by atoms with E-state index in [2.05, 4.69) is 37.2 Å². The van der Waals surface area contributed by atoms with Gasteiger partial charge < -0.3 is 10.2 Å². The highest BCUT2D eigenvalue weighted by atomic mass is 79.9. The lowest BCUT2D eigenvalue weighted by Gasteiger charge is -2.31. The van der Waals surface area contributed by atoms with E-state index in [9.17, 15) is 0 Å². The first-order valence-corrected chi connectivity index (χ1v) is 7.00. The molecule has 1 unspecified atom stereocenters. The van der Waals surface area contributed by atoms with Crippen molar-refractivity contribution in [3.05, 3.63) is 34.7 Å². The van der Waals surface area contributed by atoms with Crippen molar-refractivity contribution in [2.45, 2.75) is 31.5 Å². The van der Waals surface area contributed by atoms with Gasteiger partial charge in [0.25, 0.3) is 0 Å². The molecule has 1 N–H and O–H groups in total. The number of nitrogens with one attached hydrogen (secondary N) is 1. The smallest absolute Gasteiger partial charge is 0.108 e. The van der Waals surface area contributed by atoms with E-state index in [4.69, 9.17) is 0 Å². The average molecular weight is 292 g/mol. The van der Waals surface area contributed by atoms with E-state index in [1.54, 1.807) is 0 Å². The van der Waals surface area contributed by atoms with Crippen LogP contribution in [0, 0.1) is 5.92 Å². The largest absolute Gasteiger partial charge is 0.361 e. The Morgan fingerprint density at radius 3 is 3.06 bits per heavy atom. The molecular formula is C13H14BrN3. The summed E-state index contributed by atoms with van der Waals surface area (Å²) in [4.78, 5) is 6.94. The molecule has 0 aromatic carbocycles. The Balaban J connectivity index is 1.74. The van der Waals surface area contributed by atoms with E-state index in [0.717, 1.165) is 23.4 Å². The maximum absolute atomic E-state index is 4.43. The van der Waals surface area contributed by atoms with Crippen LogP contribution in [0.1, 0.15) is 25.0 Å². The van der Waals surface area contributed by atoms with Crippen molar-refractivity contribution in [1.82, 2.24) is 15.2 Å². The lowest BCUT2D eigenvalue weighted by molar-refractivity contribution is 0.203. The van der Waals surface area contributed by atoms with Gasteiger partial charge in [-0.25, -0.2) is 0 Å². The highest BCUT2D eigenvalue weighted by Crippen LogP contribution is 2.49. The van der Waals surface area contributed by atoms with E-state index < -0.39 is 0 Å². The zero-order chi connectivity index (χ0) is 11.4. The van der Waals surface area contributed by atoms with Gasteiger partial charge in [0.15, 0.2) is 0 Å². The van der Waals surface area contributed by atoms with Crippen LogP contribution in [0.5, 0.6) is 0 Å². The molecule has 3 atom stereocenters. The third-order valence-electron chi connectivity index (χ3n) is 4.23. The Labute approximate surface area is 109 Å². The van der Waals surface area contributed by atoms with Crippen LogP contribution in [0.3, 0.4) is 0 Å². The number of piperidine rings is 1. The van der Waals surface area contributed by atoms with Crippen LogP contribution >= 0.6 is 15.9 Å². The number of rotatable bonds is 1. The Hall–Kier alpha value is -1.03. The zero-order valence-electron chi connectivity index (χ0n) is 9.44. The maximum atomic E-state index is 4.43. The van der Waals surface area contributed by atoms with Gasteiger partial charge in [-0.05, 0) is 53.2 Å². The highest BCUT2D eigenvalue weighted by molar-refractivity contribution is 9.11. The van der Waals surface area contributed by atoms with Gasteiger partial charge in [0.1, 0.15) is 10.8 Å². The number of pyridine rings is 1. The second-order valence-electron chi connectivity index (χ2n) is 5.10. The number of fused-ring (bicyclic) bond motifs is 5. The molecule has 4 heteroatoms. The molecule has 0 amide bonds. The molecule has 1 aromatic heterocycles. The summed E-state index contributed by atoms with van der Waals surface area (Å²) >= 11 is 3.75. The highest BCUT2D eigenvalue weighted by Gasteiger charge is 2.50. The van der Waals surface area contributed by atoms with E-state index >= 15 is 0 Å². The summed E-state index contributed by atoms with van der Waals surface area (Å²) in [5, 5.41) is 3.65. The summed E-state index contributed by atoms with van der Waals surface area (Å²) in [5.74, 6) is 0.814. The second-order valence-corrected chi connectivity index (χ2v) is 5.86. The van der Waals surface area contributed by atoms with Crippen molar-refractivity contribution in [2.75, 3.05) is 0 Å². The minimum Gasteiger partial charge on any atom is -0.361 e. The average Bonchev–Trinajstić information content (AvgIpc) is 3.03. The van der Waals surface area contributed by atoms with Crippen LogP contribution in [0.2, 0.25) is 0 Å². The lowest BCUT2D eigenvalue weighted by atomic mass is 10.1. The van der Waals surface area contributed by atoms with Gasteiger partial charge in [-0.1, -0.05) is 6.07 Å². The number of aromatic nitrogens is 1. The molecule has 3 nitrogen and oxygen atoms in total. The molecule has 1 saturated heterocycles. The van der Waals surface area contributed by atoms with Gasteiger partial charge in [0.2, 0.25) is 0 Å². The predicted molar refractivity (Wildman–Crippen MR) is 70.0 cm³/mol. The van der Waals surface area contributed by atoms with Crippen molar-refractivity contribution in [3.63, 3.8) is 0 Å². The lowest BCUT2D eigenvalue weighted by Crippen LogP contribution is -2.41. The summed E-state index contributed by atoms with van der Waals surface area (Å²) < 4.78 is 1.20. The Morgan fingerprint density at radius 1 is 1.35 bits per heavy atom. The van der Waals surface area contributed by atoms with Crippen LogP contribution in [-0.4, -0.2) is 22.1 Å². The maximum Gasteiger partial charge on any atom is 0.108 e. The molecule has 2 aliphatic heterocycles. The summed E-state index contributed by atoms with van der Waals surface area (Å²) in [6.07, 6.45) is 6.41. The molecule has 4 rings (SSSR count).